The van der Waals surface area contributed by atoms with E-state index >= 15 is 0 Å². The molecule has 1 heterocycles. The summed E-state index contributed by atoms with van der Waals surface area (Å²) in [6, 6.07) is 16.3. The number of nitrogens with zero attached hydrogens (tertiary/aromatic N) is 2. The third-order valence-electron chi connectivity index (χ3n) is 5.98. The summed E-state index contributed by atoms with van der Waals surface area (Å²) in [4.78, 5) is 35.6. The summed E-state index contributed by atoms with van der Waals surface area (Å²) in [7, 11) is 0. The first-order valence-corrected chi connectivity index (χ1v) is 11.4. The van der Waals surface area contributed by atoms with Gasteiger partial charge < -0.3 is 20.5 Å². The molecule has 1 aromatic heterocycles. The van der Waals surface area contributed by atoms with Gasteiger partial charge in [0.1, 0.15) is 13.2 Å². The molecular formula is C26H28N4O5. The van der Waals surface area contributed by atoms with Gasteiger partial charge in [0.25, 0.3) is 0 Å². The van der Waals surface area contributed by atoms with E-state index in [1.165, 1.54) is 17.1 Å². The number of carbonyl (C=O) groups excluding carboxylic acids is 2. The first kappa shape index (κ1) is 24.0. The normalized spacial score (nSPS) is 12.5. The van der Waals surface area contributed by atoms with E-state index in [-0.39, 0.29) is 31.4 Å². The van der Waals surface area contributed by atoms with E-state index in [0.717, 1.165) is 22.3 Å². The molecule has 2 amide bonds. The lowest BCUT2D eigenvalue weighted by Crippen LogP contribution is -2.44. The van der Waals surface area contributed by atoms with Crippen molar-refractivity contribution < 1.29 is 24.2 Å². The van der Waals surface area contributed by atoms with Gasteiger partial charge >= 0.3 is 12.1 Å². The van der Waals surface area contributed by atoms with Crippen molar-refractivity contribution in [3.8, 4) is 11.1 Å². The zero-order chi connectivity index (χ0) is 25.0. The Balaban J connectivity index is 1.27. The van der Waals surface area contributed by atoms with E-state index in [1.807, 2.05) is 38.1 Å². The molecule has 1 aliphatic carbocycles. The number of hydrogen-bond donors (Lipinski definition) is 3. The number of aromatic nitrogens is 2. The molecule has 0 fully saturated rings. The molecule has 2 aromatic carbocycles. The van der Waals surface area contributed by atoms with Crippen LogP contribution in [0.4, 0.5) is 10.5 Å². The number of hydrogen-bond acceptors (Lipinski definition) is 5. The van der Waals surface area contributed by atoms with Crippen LogP contribution in [0.2, 0.25) is 0 Å². The second kappa shape index (κ2) is 10.0. The average Bonchev–Trinajstić information content (AvgIpc) is 3.37. The molecule has 0 unspecified atom stereocenters. The third kappa shape index (κ3) is 5.87. The van der Waals surface area contributed by atoms with Crippen LogP contribution >= 0.6 is 0 Å². The predicted molar refractivity (Wildman–Crippen MR) is 130 cm³/mol. The number of anilines is 1. The molecule has 0 bridgehead atoms. The van der Waals surface area contributed by atoms with Crippen LogP contribution in [0.1, 0.15) is 43.7 Å². The lowest BCUT2D eigenvalue weighted by Gasteiger charge is -2.26. The fourth-order valence-electron chi connectivity index (χ4n) is 4.28. The van der Waals surface area contributed by atoms with Crippen LogP contribution in [-0.4, -0.2) is 45.0 Å². The predicted octanol–water partition coefficient (Wildman–Crippen LogP) is 4.00. The van der Waals surface area contributed by atoms with E-state index in [9.17, 15) is 14.4 Å². The van der Waals surface area contributed by atoms with Crippen molar-refractivity contribution in [3.63, 3.8) is 0 Å². The summed E-state index contributed by atoms with van der Waals surface area (Å²) in [5.74, 6) is -1.31. The summed E-state index contributed by atoms with van der Waals surface area (Å²) in [6.07, 6.45) is 2.84. The standard InChI is InChI=1S/C26H28N4O5/c1-26(2,12-11-23(31)28-17-13-27-30(14-17)15-24(32)33)29-25(34)35-16-22-20-9-5-3-7-18(20)19-8-4-6-10-21(19)22/h3-10,13-14,22H,11-12,15-16H2,1-2H3,(H,28,31)(H,29,34)(H,32,33). The number of fused-ring (bicyclic) bond motifs is 3. The number of carboxylic acid groups (broad SMARTS) is 1. The molecule has 3 N–H and O–H groups in total. The fraction of sp³-hybridized carbons (Fsp3) is 0.308. The van der Waals surface area contributed by atoms with Crippen molar-refractivity contribution in [3.05, 3.63) is 72.1 Å². The number of carbonyl (C=O) groups is 3. The molecule has 0 saturated carbocycles. The molecule has 0 radical (unpaired) electrons. The van der Waals surface area contributed by atoms with E-state index in [0.29, 0.717) is 12.1 Å². The zero-order valence-electron chi connectivity index (χ0n) is 19.7. The largest absolute Gasteiger partial charge is 0.480 e. The van der Waals surface area contributed by atoms with Crippen molar-refractivity contribution in [2.75, 3.05) is 11.9 Å². The number of benzene rings is 2. The van der Waals surface area contributed by atoms with Gasteiger partial charge in [-0.1, -0.05) is 48.5 Å². The van der Waals surface area contributed by atoms with E-state index in [4.69, 9.17) is 9.84 Å². The van der Waals surface area contributed by atoms with Gasteiger partial charge in [0.2, 0.25) is 5.91 Å². The SMILES string of the molecule is CC(C)(CCC(=O)Nc1cnn(CC(=O)O)c1)NC(=O)OCC1c2ccccc2-c2ccccc21. The first-order valence-electron chi connectivity index (χ1n) is 11.4. The van der Waals surface area contributed by atoms with Crippen LogP contribution in [0.3, 0.4) is 0 Å². The van der Waals surface area contributed by atoms with Crippen LogP contribution < -0.4 is 10.6 Å². The van der Waals surface area contributed by atoms with E-state index in [2.05, 4.69) is 40.0 Å². The van der Waals surface area contributed by atoms with Gasteiger partial charge in [-0.15, -0.1) is 0 Å². The Hall–Kier alpha value is -4.14. The van der Waals surface area contributed by atoms with Crippen molar-refractivity contribution >= 4 is 23.7 Å². The van der Waals surface area contributed by atoms with Crippen LogP contribution in [-0.2, 0) is 20.9 Å². The van der Waals surface area contributed by atoms with Gasteiger partial charge in [-0.3, -0.25) is 14.3 Å². The monoisotopic (exact) mass is 476 g/mol. The Labute approximate surface area is 203 Å². The number of ether oxygens (including phenoxy) is 1. The number of alkyl carbamates (subject to hydrolysis) is 1. The maximum Gasteiger partial charge on any atom is 0.407 e. The summed E-state index contributed by atoms with van der Waals surface area (Å²) in [5.41, 5.74) is 4.36. The minimum atomic E-state index is -1.02. The van der Waals surface area contributed by atoms with E-state index in [1.54, 1.807) is 0 Å². The molecule has 35 heavy (non-hydrogen) atoms. The second-order valence-electron chi connectivity index (χ2n) is 9.20. The van der Waals surface area contributed by atoms with Crippen molar-refractivity contribution in [1.82, 2.24) is 15.1 Å². The van der Waals surface area contributed by atoms with Crippen molar-refractivity contribution in [2.24, 2.45) is 0 Å². The molecule has 0 spiro atoms. The van der Waals surface area contributed by atoms with E-state index < -0.39 is 17.6 Å². The molecule has 9 nitrogen and oxygen atoms in total. The number of amides is 2. The van der Waals surface area contributed by atoms with Gasteiger partial charge in [0.15, 0.2) is 0 Å². The quantitative estimate of drug-likeness (QED) is 0.429. The Kier molecular flexibility index (Phi) is 6.86. The van der Waals surface area contributed by atoms with Gasteiger partial charge in [-0.25, -0.2) is 4.79 Å². The van der Waals surface area contributed by atoms with Gasteiger partial charge in [-0.05, 0) is 42.5 Å². The van der Waals surface area contributed by atoms with Crippen LogP contribution in [0.25, 0.3) is 11.1 Å². The maximum absolute atomic E-state index is 12.6. The Morgan fingerprint density at radius 2 is 1.69 bits per heavy atom. The molecule has 182 valence electrons. The molecule has 0 saturated heterocycles. The molecule has 0 aliphatic heterocycles. The highest BCUT2D eigenvalue weighted by atomic mass is 16.5. The zero-order valence-corrected chi connectivity index (χ0v) is 19.7. The number of nitrogens with one attached hydrogen (secondary N) is 2. The smallest absolute Gasteiger partial charge is 0.407 e. The third-order valence-corrected chi connectivity index (χ3v) is 5.98. The summed E-state index contributed by atoms with van der Waals surface area (Å²) in [5, 5.41) is 18.2. The Morgan fingerprint density at radius 1 is 1.06 bits per heavy atom. The molecule has 1 aliphatic rings. The van der Waals surface area contributed by atoms with Gasteiger partial charge in [-0.2, -0.15) is 5.10 Å². The summed E-state index contributed by atoms with van der Waals surface area (Å²) >= 11 is 0. The second-order valence-corrected chi connectivity index (χ2v) is 9.20. The maximum atomic E-state index is 12.6. The highest BCUT2D eigenvalue weighted by molar-refractivity contribution is 5.90. The van der Waals surface area contributed by atoms with Crippen molar-refractivity contribution in [2.45, 2.75) is 44.7 Å². The molecule has 4 rings (SSSR count). The van der Waals surface area contributed by atoms with Crippen molar-refractivity contribution in [1.29, 1.82) is 0 Å². The van der Waals surface area contributed by atoms with Crippen LogP contribution in [0.15, 0.2) is 60.9 Å². The van der Waals surface area contributed by atoms with Gasteiger partial charge in [0.05, 0.1) is 11.9 Å². The molecule has 9 heteroatoms. The minimum Gasteiger partial charge on any atom is -0.480 e. The molecule has 3 aromatic rings. The summed E-state index contributed by atoms with van der Waals surface area (Å²) in [6.45, 7) is 3.59. The highest BCUT2D eigenvalue weighted by Crippen LogP contribution is 2.44. The number of carboxylic acids is 1. The summed E-state index contributed by atoms with van der Waals surface area (Å²) < 4.78 is 6.83. The Morgan fingerprint density at radius 3 is 2.31 bits per heavy atom. The Bertz CT molecular complexity index is 1200. The van der Waals surface area contributed by atoms with Gasteiger partial charge in [0, 0.05) is 24.1 Å². The lowest BCUT2D eigenvalue weighted by atomic mass is 9.98. The minimum absolute atomic E-state index is 0.0240. The average molecular weight is 477 g/mol. The number of aliphatic carboxylic acids is 1. The topological polar surface area (TPSA) is 123 Å². The van der Waals surface area contributed by atoms with Crippen LogP contribution in [0.5, 0.6) is 0 Å². The fourth-order valence-corrected chi connectivity index (χ4v) is 4.28. The van der Waals surface area contributed by atoms with Crippen LogP contribution in [0, 0.1) is 0 Å². The molecular weight excluding hydrogens is 448 g/mol. The number of rotatable bonds is 9. The lowest BCUT2D eigenvalue weighted by molar-refractivity contribution is -0.137. The highest BCUT2D eigenvalue weighted by Gasteiger charge is 2.30. The molecule has 0 atom stereocenters. The first-order chi connectivity index (χ1) is 16.7.